The molecule has 0 spiro atoms. The highest BCUT2D eigenvalue weighted by Gasteiger charge is 2.20. The van der Waals surface area contributed by atoms with Gasteiger partial charge in [0.2, 0.25) is 0 Å². The first-order valence-corrected chi connectivity index (χ1v) is 12.9. The number of nitrogens with zero attached hydrogens (tertiary/aromatic N) is 2. The molecule has 0 unspecified atom stereocenters. The summed E-state index contributed by atoms with van der Waals surface area (Å²) in [5, 5.41) is -0.617. The highest BCUT2D eigenvalue weighted by molar-refractivity contribution is 7.92. The summed E-state index contributed by atoms with van der Waals surface area (Å²) < 4.78 is 38.0. The summed E-state index contributed by atoms with van der Waals surface area (Å²) in [6, 6.07) is 11.2. The van der Waals surface area contributed by atoms with Gasteiger partial charge in [0.1, 0.15) is 12.3 Å². The molecular weight excluding hydrogens is 464 g/mol. The Morgan fingerprint density at radius 2 is 1.85 bits per heavy atom. The number of carbonyl (C=O) groups is 2. The van der Waals surface area contributed by atoms with Crippen molar-refractivity contribution in [2.45, 2.75) is 44.4 Å². The summed E-state index contributed by atoms with van der Waals surface area (Å²) in [6.07, 6.45) is 0. The Bertz CT molecular complexity index is 1350. The van der Waals surface area contributed by atoms with Crippen molar-refractivity contribution in [2.75, 3.05) is 13.2 Å². The molecule has 0 saturated carbocycles. The number of ether oxygens (including phenoxy) is 2. The normalized spacial score (nSPS) is 12.3. The van der Waals surface area contributed by atoms with E-state index >= 15 is 0 Å². The zero-order valence-electron chi connectivity index (χ0n) is 18.9. The number of thiazole rings is 1. The van der Waals surface area contributed by atoms with Gasteiger partial charge in [-0.2, -0.15) is 4.99 Å². The van der Waals surface area contributed by atoms with Crippen molar-refractivity contribution in [3.05, 3.63) is 52.8 Å². The maximum absolute atomic E-state index is 13.0. The number of benzene rings is 2. The van der Waals surface area contributed by atoms with E-state index in [1.165, 1.54) is 35.6 Å². The summed E-state index contributed by atoms with van der Waals surface area (Å²) in [4.78, 5) is 29.7. The van der Waals surface area contributed by atoms with Crippen LogP contribution in [-0.4, -0.2) is 43.3 Å². The molecule has 2 aromatic carbocycles. The van der Waals surface area contributed by atoms with Gasteiger partial charge in [-0.15, -0.1) is 0 Å². The fourth-order valence-electron chi connectivity index (χ4n) is 3.11. The fraction of sp³-hybridized carbons (Fsp3) is 0.348. The molecular formula is C23H26N2O6S2. The Kier molecular flexibility index (Phi) is 7.70. The topological polar surface area (TPSA) is 104 Å². The van der Waals surface area contributed by atoms with Crippen LogP contribution >= 0.6 is 11.3 Å². The first kappa shape index (κ1) is 24.7. The Balaban J connectivity index is 2.10. The summed E-state index contributed by atoms with van der Waals surface area (Å²) in [5.74, 6) is -0.394. The van der Waals surface area contributed by atoms with Crippen molar-refractivity contribution in [3.8, 4) is 5.75 Å². The fourth-order valence-corrected chi connectivity index (χ4v) is 5.27. The smallest absolute Gasteiger partial charge is 0.326 e. The van der Waals surface area contributed by atoms with Crippen LogP contribution in [0, 0.1) is 0 Å². The second kappa shape index (κ2) is 10.3. The number of amides is 1. The lowest BCUT2D eigenvalue weighted by atomic mass is 10.2. The van der Waals surface area contributed by atoms with Crippen LogP contribution in [0.5, 0.6) is 5.75 Å². The zero-order chi connectivity index (χ0) is 24.2. The van der Waals surface area contributed by atoms with E-state index in [0.717, 1.165) is 4.70 Å². The number of fused-ring (bicyclic) bond motifs is 1. The molecule has 0 N–H and O–H groups in total. The molecule has 0 atom stereocenters. The van der Waals surface area contributed by atoms with Gasteiger partial charge in [0, 0.05) is 5.56 Å². The zero-order valence-corrected chi connectivity index (χ0v) is 20.5. The number of hydrogen-bond acceptors (Lipinski definition) is 7. The SMILES string of the molecule is CCOC(=O)Cn1c(=NC(=O)c2cccc(S(=O)(=O)C(C)C)c2)sc2cc(OCC)ccc21. The van der Waals surface area contributed by atoms with E-state index in [4.69, 9.17) is 9.47 Å². The van der Waals surface area contributed by atoms with Crippen LogP contribution in [0.15, 0.2) is 52.4 Å². The highest BCUT2D eigenvalue weighted by atomic mass is 32.2. The van der Waals surface area contributed by atoms with Crippen molar-refractivity contribution < 1.29 is 27.5 Å². The van der Waals surface area contributed by atoms with E-state index in [9.17, 15) is 18.0 Å². The van der Waals surface area contributed by atoms with Gasteiger partial charge in [0.05, 0.1) is 33.6 Å². The predicted octanol–water partition coefficient (Wildman–Crippen LogP) is 3.59. The van der Waals surface area contributed by atoms with Crippen molar-refractivity contribution in [2.24, 2.45) is 4.99 Å². The van der Waals surface area contributed by atoms with Gasteiger partial charge in [0.25, 0.3) is 5.91 Å². The molecule has 0 aliphatic rings. The Morgan fingerprint density at radius 3 is 2.52 bits per heavy atom. The Morgan fingerprint density at radius 1 is 1.09 bits per heavy atom. The lowest BCUT2D eigenvalue weighted by molar-refractivity contribution is -0.143. The predicted molar refractivity (Wildman–Crippen MR) is 126 cm³/mol. The highest BCUT2D eigenvalue weighted by Crippen LogP contribution is 2.24. The van der Waals surface area contributed by atoms with Gasteiger partial charge in [-0.1, -0.05) is 17.4 Å². The third kappa shape index (κ3) is 5.51. The minimum Gasteiger partial charge on any atom is -0.494 e. The van der Waals surface area contributed by atoms with Gasteiger partial charge in [0.15, 0.2) is 14.6 Å². The van der Waals surface area contributed by atoms with Gasteiger partial charge >= 0.3 is 5.97 Å². The number of esters is 1. The molecule has 176 valence electrons. The lowest BCUT2D eigenvalue weighted by Gasteiger charge is -2.08. The van der Waals surface area contributed by atoms with E-state index in [1.807, 2.05) is 13.0 Å². The van der Waals surface area contributed by atoms with Gasteiger partial charge in [-0.05, 0) is 64.1 Å². The van der Waals surface area contributed by atoms with E-state index < -0.39 is 27.0 Å². The van der Waals surface area contributed by atoms with Crippen LogP contribution in [0.1, 0.15) is 38.1 Å². The summed E-state index contributed by atoms with van der Waals surface area (Å²) in [5.41, 5.74) is 0.853. The Labute approximate surface area is 196 Å². The molecule has 0 radical (unpaired) electrons. The van der Waals surface area contributed by atoms with Crippen molar-refractivity contribution in [3.63, 3.8) is 0 Å². The third-order valence-corrected chi connectivity index (χ3v) is 7.98. The maximum Gasteiger partial charge on any atom is 0.326 e. The minimum absolute atomic E-state index is 0.0654. The largest absolute Gasteiger partial charge is 0.494 e. The van der Waals surface area contributed by atoms with Crippen LogP contribution in [-0.2, 0) is 25.9 Å². The minimum atomic E-state index is -3.54. The molecule has 0 aliphatic heterocycles. The average molecular weight is 491 g/mol. The molecule has 3 aromatic rings. The standard InChI is InChI=1S/C23H26N2O6S2/c1-5-30-17-10-11-19-20(13-17)32-23(25(19)14-21(26)31-6-2)24-22(27)16-8-7-9-18(12-16)33(28,29)15(3)4/h7-13,15H,5-6,14H2,1-4H3. The molecule has 8 nitrogen and oxygen atoms in total. The molecule has 0 aliphatic carbocycles. The molecule has 0 saturated heterocycles. The van der Waals surface area contributed by atoms with E-state index in [1.54, 1.807) is 37.5 Å². The van der Waals surface area contributed by atoms with Crippen LogP contribution in [0.4, 0.5) is 0 Å². The number of rotatable bonds is 8. The molecule has 1 amide bonds. The van der Waals surface area contributed by atoms with E-state index in [2.05, 4.69) is 4.99 Å². The average Bonchev–Trinajstić information content (AvgIpc) is 3.10. The molecule has 10 heteroatoms. The lowest BCUT2D eigenvalue weighted by Crippen LogP contribution is -2.23. The van der Waals surface area contributed by atoms with Crippen molar-refractivity contribution >= 4 is 43.3 Å². The third-order valence-electron chi connectivity index (χ3n) is 4.79. The quantitative estimate of drug-likeness (QED) is 0.447. The number of aromatic nitrogens is 1. The van der Waals surface area contributed by atoms with Crippen molar-refractivity contribution in [1.82, 2.24) is 4.57 Å². The monoisotopic (exact) mass is 490 g/mol. The van der Waals surface area contributed by atoms with E-state index in [0.29, 0.717) is 22.7 Å². The van der Waals surface area contributed by atoms with Gasteiger partial charge < -0.3 is 14.0 Å². The van der Waals surface area contributed by atoms with Gasteiger partial charge in [-0.25, -0.2) is 8.42 Å². The van der Waals surface area contributed by atoms with Crippen molar-refractivity contribution in [1.29, 1.82) is 0 Å². The molecule has 0 bridgehead atoms. The van der Waals surface area contributed by atoms with Crippen LogP contribution in [0.3, 0.4) is 0 Å². The van der Waals surface area contributed by atoms with E-state index in [-0.39, 0.29) is 23.6 Å². The second-order valence-corrected chi connectivity index (χ2v) is 10.9. The summed E-state index contributed by atoms with van der Waals surface area (Å²) in [6.45, 7) is 7.39. The van der Waals surface area contributed by atoms with Gasteiger partial charge in [-0.3, -0.25) is 9.59 Å². The molecule has 3 rings (SSSR count). The first-order valence-electron chi connectivity index (χ1n) is 10.5. The number of hydrogen-bond donors (Lipinski definition) is 0. The van der Waals surface area contributed by atoms with Crippen LogP contribution in [0.2, 0.25) is 0 Å². The summed E-state index contributed by atoms with van der Waals surface area (Å²) >= 11 is 1.23. The summed E-state index contributed by atoms with van der Waals surface area (Å²) in [7, 11) is -3.54. The van der Waals surface area contributed by atoms with Crippen LogP contribution < -0.4 is 9.54 Å². The number of sulfone groups is 1. The number of carbonyl (C=O) groups excluding carboxylic acids is 2. The Hall–Kier alpha value is -2.98. The first-order chi connectivity index (χ1) is 15.7. The molecule has 1 heterocycles. The molecule has 1 aromatic heterocycles. The maximum atomic E-state index is 13.0. The molecule has 0 fully saturated rings. The van der Waals surface area contributed by atoms with Crippen LogP contribution in [0.25, 0.3) is 10.2 Å². The molecule has 33 heavy (non-hydrogen) atoms. The second-order valence-electron chi connectivity index (χ2n) is 7.38.